The molecule has 0 radical (unpaired) electrons. The van der Waals surface area contributed by atoms with Crippen molar-refractivity contribution in [1.82, 2.24) is 5.32 Å². The summed E-state index contributed by atoms with van der Waals surface area (Å²) in [6, 6.07) is 10.3. The Morgan fingerprint density at radius 2 is 2.11 bits per heavy atom. The van der Waals surface area contributed by atoms with Crippen LogP contribution in [0.1, 0.15) is 24.8 Å². The van der Waals surface area contributed by atoms with Crippen LogP contribution in [0.4, 0.5) is 0 Å². The summed E-state index contributed by atoms with van der Waals surface area (Å²) in [7, 11) is 1.46. The maximum absolute atomic E-state index is 11.6. The van der Waals surface area contributed by atoms with E-state index in [1.807, 2.05) is 6.07 Å². The van der Waals surface area contributed by atoms with Gasteiger partial charge in [0.1, 0.15) is 6.04 Å². The standard InChI is InChI=1S/C15H21NO2/c1-18-15(17)14(13-9-10-13)16-11-5-8-12-6-3-2-4-7-12/h2-4,6-7,13-14,16H,5,8-11H2,1H3. The SMILES string of the molecule is COC(=O)C(NCCCc1ccccc1)C1CC1. The van der Waals surface area contributed by atoms with Gasteiger partial charge in [-0.3, -0.25) is 4.79 Å². The number of esters is 1. The molecule has 98 valence electrons. The molecule has 18 heavy (non-hydrogen) atoms. The summed E-state index contributed by atoms with van der Waals surface area (Å²) in [5.74, 6) is 0.381. The minimum Gasteiger partial charge on any atom is -0.468 e. The van der Waals surface area contributed by atoms with Crippen molar-refractivity contribution in [3.63, 3.8) is 0 Å². The Hall–Kier alpha value is -1.35. The average Bonchev–Trinajstić information content (AvgIpc) is 3.23. The van der Waals surface area contributed by atoms with Crippen LogP contribution in [0.2, 0.25) is 0 Å². The van der Waals surface area contributed by atoms with Gasteiger partial charge in [-0.05, 0) is 43.7 Å². The minimum atomic E-state index is -0.114. The van der Waals surface area contributed by atoms with Crippen molar-refractivity contribution in [1.29, 1.82) is 0 Å². The quantitative estimate of drug-likeness (QED) is 0.593. The van der Waals surface area contributed by atoms with Gasteiger partial charge < -0.3 is 10.1 Å². The highest BCUT2D eigenvalue weighted by Crippen LogP contribution is 2.33. The lowest BCUT2D eigenvalue weighted by Crippen LogP contribution is -2.40. The summed E-state index contributed by atoms with van der Waals surface area (Å²) in [6.07, 6.45) is 4.38. The number of aryl methyl sites for hydroxylation is 1. The number of rotatable bonds is 7. The number of benzene rings is 1. The molecule has 1 fully saturated rings. The summed E-state index contributed by atoms with van der Waals surface area (Å²) < 4.78 is 4.83. The first kappa shape index (κ1) is 13.1. The molecule has 1 unspecified atom stereocenters. The predicted octanol–water partition coefficient (Wildman–Crippen LogP) is 2.16. The van der Waals surface area contributed by atoms with Crippen LogP contribution in [0.25, 0.3) is 0 Å². The van der Waals surface area contributed by atoms with Crippen LogP contribution in [0.3, 0.4) is 0 Å². The van der Waals surface area contributed by atoms with E-state index >= 15 is 0 Å². The first-order chi connectivity index (χ1) is 8.81. The van der Waals surface area contributed by atoms with Crippen LogP contribution < -0.4 is 5.32 Å². The summed E-state index contributed by atoms with van der Waals surface area (Å²) in [6.45, 7) is 0.866. The Labute approximate surface area is 109 Å². The number of carbonyl (C=O) groups excluding carboxylic acids is 1. The molecule has 0 saturated heterocycles. The topological polar surface area (TPSA) is 38.3 Å². The molecule has 3 heteroatoms. The lowest BCUT2D eigenvalue weighted by Gasteiger charge is -2.15. The van der Waals surface area contributed by atoms with Crippen molar-refractivity contribution in [3.05, 3.63) is 35.9 Å². The molecule has 1 aromatic rings. The summed E-state index contributed by atoms with van der Waals surface area (Å²) in [5, 5.41) is 3.33. The number of carbonyl (C=O) groups is 1. The summed E-state index contributed by atoms with van der Waals surface area (Å²) in [4.78, 5) is 11.6. The lowest BCUT2D eigenvalue weighted by atomic mass is 10.1. The van der Waals surface area contributed by atoms with Gasteiger partial charge in [-0.2, -0.15) is 0 Å². The van der Waals surface area contributed by atoms with Gasteiger partial charge in [-0.15, -0.1) is 0 Å². The lowest BCUT2D eigenvalue weighted by molar-refractivity contribution is -0.143. The van der Waals surface area contributed by atoms with E-state index in [0.29, 0.717) is 5.92 Å². The molecule has 0 aliphatic heterocycles. The van der Waals surface area contributed by atoms with E-state index in [9.17, 15) is 4.79 Å². The van der Waals surface area contributed by atoms with Crippen LogP contribution in [0.15, 0.2) is 30.3 Å². The van der Waals surface area contributed by atoms with E-state index in [4.69, 9.17) is 4.74 Å². The van der Waals surface area contributed by atoms with E-state index in [2.05, 4.69) is 29.6 Å². The molecular weight excluding hydrogens is 226 g/mol. The molecule has 2 rings (SSSR count). The van der Waals surface area contributed by atoms with E-state index < -0.39 is 0 Å². The first-order valence-electron chi connectivity index (χ1n) is 6.66. The molecule has 1 aliphatic rings. The highest BCUT2D eigenvalue weighted by molar-refractivity contribution is 5.76. The van der Waals surface area contributed by atoms with Crippen LogP contribution >= 0.6 is 0 Å². The Bertz CT molecular complexity index is 373. The Balaban J connectivity index is 1.69. The average molecular weight is 247 g/mol. The molecule has 0 bridgehead atoms. The normalized spacial score (nSPS) is 16.3. The fraction of sp³-hybridized carbons (Fsp3) is 0.533. The van der Waals surface area contributed by atoms with Gasteiger partial charge in [0.05, 0.1) is 7.11 Å². The third-order valence-corrected chi connectivity index (χ3v) is 3.40. The van der Waals surface area contributed by atoms with Crippen LogP contribution in [0, 0.1) is 5.92 Å². The smallest absolute Gasteiger partial charge is 0.323 e. The van der Waals surface area contributed by atoms with E-state index in [1.54, 1.807) is 0 Å². The predicted molar refractivity (Wildman–Crippen MR) is 71.3 cm³/mol. The fourth-order valence-corrected chi connectivity index (χ4v) is 2.19. The van der Waals surface area contributed by atoms with Crippen LogP contribution in [-0.4, -0.2) is 25.7 Å². The highest BCUT2D eigenvalue weighted by Gasteiger charge is 2.36. The van der Waals surface area contributed by atoms with Crippen molar-refractivity contribution in [2.75, 3.05) is 13.7 Å². The van der Waals surface area contributed by atoms with Gasteiger partial charge in [0, 0.05) is 0 Å². The molecule has 0 aromatic heterocycles. The Morgan fingerprint density at radius 1 is 1.39 bits per heavy atom. The largest absolute Gasteiger partial charge is 0.468 e. The minimum absolute atomic E-state index is 0.0919. The molecule has 1 atom stereocenters. The third-order valence-electron chi connectivity index (χ3n) is 3.40. The molecule has 1 aromatic carbocycles. The van der Waals surface area contributed by atoms with Gasteiger partial charge in [0.25, 0.3) is 0 Å². The fourth-order valence-electron chi connectivity index (χ4n) is 2.19. The molecule has 0 spiro atoms. The molecular formula is C15H21NO2. The van der Waals surface area contributed by atoms with Crippen molar-refractivity contribution >= 4 is 5.97 Å². The number of ether oxygens (including phenoxy) is 1. The third kappa shape index (κ3) is 3.84. The van der Waals surface area contributed by atoms with Crippen LogP contribution in [-0.2, 0) is 16.0 Å². The highest BCUT2D eigenvalue weighted by atomic mass is 16.5. The maximum atomic E-state index is 11.6. The second kappa shape index (κ2) is 6.55. The molecule has 1 saturated carbocycles. The molecule has 1 N–H and O–H groups in total. The Morgan fingerprint density at radius 3 is 2.72 bits per heavy atom. The zero-order valence-corrected chi connectivity index (χ0v) is 10.9. The van der Waals surface area contributed by atoms with E-state index in [0.717, 1.165) is 32.2 Å². The number of hydrogen-bond acceptors (Lipinski definition) is 3. The van der Waals surface area contributed by atoms with Gasteiger partial charge in [-0.25, -0.2) is 0 Å². The van der Waals surface area contributed by atoms with Crippen molar-refractivity contribution in [2.24, 2.45) is 5.92 Å². The first-order valence-corrected chi connectivity index (χ1v) is 6.66. The van der Waals surface area contributed by atoms with Crippen LogP contribution in [0.5, 0.6) is 0 Å². The van der Waals surface area contributed by atoms with Gasteiger partial charge in [0.15, 0.2) is 0 Å². The van der Waals surface area contributed by atoms with Crippen molar-refractivity contribution in [3.8, 4) is 0 Å². The van der Waals surface area contributed by atoms with E-state index in [-0.39, 0.29) is 12.0 Å². The van der Waals surface area contributed by atoms with Gasteiger partial charge in [0.2, 0.25) is 0 Å². The summed E-state index contributed by atoms with van der Waals surface area (Å²) >= 11 is 0. The monoisotopic (exact) mass is 247 g/mol. The number of methoxy groups -OCH3 is 1. The van der Waals surface area contributed by atoms with Gasteiger partial charge in [-0.1, -0.05) is 30.3 Å². The number of hydrogen-bond donors (Lipinski definition) is 1. The zero-order chi connectivity index (χ0) is 12.8. The maximum Gasteiger partial charge on any atom is 0.323 e. The zero-order valence-electron chi connectivity index (χ0n) is 10.9. The van der Waals surface area contributed by atoms with Gasteiger partial charge >= 0.3 is 5.97 Å². The second-order valence-electron chi connectivity index (χ2n) is 4.88. The molecule has 0 heterocycles. The van der Waals surface area contributed by atoms with Crippen molar-refractivity contribution in [2.45, 2.75) is 31.7 Å². The van der Waals surface area contributed by atoms with E-state index in [1.165, 1.54) is 12.7 Å². The summed E-state index contributed by atoms with van der Waals surface area (Å²) in [5.41, 5.74) is 1.35. The Kier molecular flexibility index (Phi) is 4.76. The molecule has 0 amide bonds. The second-order valence-corrected chi connectivity index (χ2v) is 4.88. The van der Waals surface area contributed by atoms with Crippen molar-refractivity contribution < 1.29 is 9.53 Å². The number of nitrogens with one attached hydrogen (secondary N) is 1. The molecule has 3 nitrogen and oxygen atoms in total. The molecule has 1 aliphatic carbocycles.